The van der Waals surface area contributed by atoms with Crippen LogP contribution < -0.4 is 15.2 Å². The molecule has 0 spiro atoms. The van der Waals surface area contributed by atoms with Crippen molar-refractivity contribution in [1.82, 2.24) is 0 Å². The van der Waals surface area contributed by atoms with Crippen molar-refractivity contribution in [2.45, 2.75) is 6.04 Å². The molecule has 0 aliphatic heterocycles. The normalized spacial score (nSPS) is 12.0. The van der Waals surface area contributed by atoms with Gasteiger partial charge in [-0.3, -0.25) is 0 Å². The van der Waals surface area contributed by atoms with Gasteiger partial charge in [-0.2, -0.15) is 0 Å². The van der Waals surface area contributed by atoms with Crippen molar-refractivity contribution in [3.8, 4) is 11.5 Å². The Morgan fingerprint density at radius 3 is 2.26 bits per heavy atom. The molecule has 4 heteroatoms. The van der Waals surface area contributed by atoms with E-state index >= 15 is 0 Å². The van der Waals surface area contributed by atoms with Crippen molar-refractivity contribution >= 4 is 0 Å². The van der Waals surface area contributed by atoms with Crippen LogP contribution in [-0.2, 0) is 0 Å². The molecule has 1 unspecified atom stereocenters. The molecule has 2 rings (SSSR count). The lowest BCUT2D eigenvalue weighted by Crippen LogP contribution is -2.14. The summed E-state index contributed by atoms with van der Waals surface area (Å²) in [4.78, 5) is 0. The van der Waals surface area contributed by atoms with Crippen LogP contribution in [0.2, 0.25) is 0 Å². The van der Waals surface area contributed by atoms with Gasteiger partial charge in [0, 0.05) is 11.1 Å². The second-order valence-electron chi connectivity index (χ2n) is 4.11. The smallest absolute Gasteiger partial charge is 0.124 e. The highest BCUT2D eigenvalue weighted by molar-refractivity contribution is 5.46. The Morgan fingerprint density at radius 2 is 1.58 bits per heavy atom. The molecule has 3 nitrogen and oxygen atoms in total. The number of halogens is 1. The average molecular weight is 261 g/mol. The van der Waals surface area contributed by atoms with Crippen LogP contribution >= 0.6 is 0 Å². The van der Waals surface area contributed by atoms with Gasteiger partial charge in [0.05, 0.1) is 20.3 Å². The molecule has 100 valence electrons. The van der Waals surface area contributed by atoms with Crippen LogP contribution in [-0.4, -0.2) is 14.2 Å². The quantitative estimate of drug-likeness (QED) is 0.920. The Bertz CT molecular complexity index is 572. The van der Waals surface area contributed by atoms with Gasteiger partial charge in [-0.05, 0) is 24.3 Å². The van der Waals surface area contributed by atoms with E-state index in [4.69, 9.17) is 15.2 Å². The molecule has 0 amide bonds. The Balaban J connectivity index is 2.49. The SMILES string of the molecule is COc1ccccc1C(N)c1cc(F)ccc1OC. The van der Waals surface area contributed by atoms with Gasteiger partial charge in [-0.15, -0.1) is 0 Å². The first-order chi connectivity index (χ1) is 9.17. The van der Waals surface area contributed by atoms with Gasteiger partial charge in [0.2, 0.25) is 0 Å². The Morgan fingerprint density at radius 1 is 0.947 bits per heavy atom. The molecule has 19 heavy (non-hydrogen) atoms. The zero-order valence-corrected chi connectivity index (χ0v) is 10.9. The number of hydrogen-bond acceptors (Lipinski definition) is 3. The molecule has 2 aromatic rings. The molecule has 0 fully saturated rings. The molecule has 0 aliphatic rings. The van der Waals surface area contributed by atoms with Crippen LogP contribution in [0.4, 0.5) is 4.39 Å². The fourth-order valence-electron chi connectivity index (χ4n) is 2.04. The number of methoxy groups -OCH3 is 2. The van der Waals surface area contributed by atoms with E-state index in [1.54, 1.807) is 13.2 Å². The van der Waals surface area contributed by atoms with Gasteiger partial charge in [0.25, 0.3) is 0 Å². The van der Waals surface area contributed by atoms with Crippen LogP contribution in [0.15, 0.2) is 42.5 Å². The Kier molecular flexibility index (Phi) is 4.02. The van der Waals surface area contributed by atoms with Crippen molar-refractivity contribution in [2.75, 3.05) is 14.2 Å². The summed E-state index contributed by atoms with van der Waals surface area (Å²) < 4.78 is 23.9. The van der Waals surface area contributed by atoms with Crippen LogP contribution in [0.25, 0.3) is 0 Å². The molecule has 1 atom stereocenters. The van der Waals surface area contributed by atoms with E-state index in [9.17, 15) is 4.39 Å². The number of nitrogens with two attached hydrogens (primary N) is 1. The van der Waals surface area contributed by atoms with Gasteiger partial charge in [0.1, 0.15) is 17.3 Å². The second-order valence-corrected chi connectivity index (χ2v) is 4.11. The molecule has 0 aliphatic carbocycles. The molecule has 0 bridgehead atoms. The van der Waals surface area contributed by atoms with Crippen molar-refractivity contribution in [1.29, 1.82) is 0 Å². The largest absolute Gasteiger partial charge is 0.496 e. The monoisotopic (exact) mass is 261 g/mol. The van der Waals surface area contributed by atoms with E-state index < -0.39 is 6.04 Å². The summed E-state index contributed by atoms with van der Waals surface area (Å²) in [7, 11) is 3.11. The van der Waals surface area contributed by atoms with Crippen molar-refractivity contribution in [3.63, 3.8) is 0 Å². The maximum atomic E-state index is 13.4. The van der Waals surface area contributed by atoms with Crippen LogP contribution in [0.3, 0.4) is 0 Å². The maximum absolute atomic E-state index is 13.4. The van der Waals surface area contributed by atoms with Gasteiger partial charge >= 0.3 is 0 Å². The highest BCUT2D eigenvalue weighted by atomic mass is 19.1. The predicted molar refractivity (Wildman–Crippen MR) is 72.0 cm³/mol. The van der Waals surface area contributed by atoms with E-state index in [0.29, 0.717) is 17.1 Å². The van der Waals surface area contributed by atoms with E-state index in [1.165, 1.54) is 19.2 Å². The molecule has 0 saturated carbocycles. The molecule has 2 N–H and O–H groups in total. The van der Waals surface area contributed by atoms with Gasteiger partial charge in [-0.25, -0.2) is 4.39 Å². The lowest BCUT2D eigenvalue weighted by Gasteiger charge is -2.18. The topological polar surface area (TPSA) is 44.5 Å². The highest BCUT2D eigenvalue weighted by Gasteiger charge is 2.18. The summed E-state index contributed by atoms with van der Waals surface area (Å²) in [6.07, 6.45) is 0. The van der Waals surface area contributed by atoms with Crippen LogP contribution in [0.1, 0.15) is 17.2 Å². The minimum absolute atomic E-state index is 0.346. The second kappa shape index (κ2) is 5.71. The van der Waals surface area contributed by atoms with E-state index in [1.807, 2.05) is 24.3 Å². The third-order valence-corrected chi connectivity index (χ3v) is 3.00. The summed E-state index contributed by atoms with van der Waals surface area (Å²) >= 11 is 0. The van der Waals surface area contributed by atoms with E-state index in [0.717, 1.165) is 5.56 Å². The average Bonchev–Trinajstić information content (AvgIpc) is 2.46. The fraction of sp³-hybridized carbons (Fsp3) is 0.200. The number of hydrogen-bond donors (Lipinski definition) is 1. The Labute approximate surface area is 111 Å². The summed E-state index contributed by atoms with van der Waals surface area (Å²) in [5, 5.41) is 0. The summed E-state index contributed by atoms with van der Waals surface area (Å²) in [6.45, 7) is 0. The third kappa shape index (κ3) is 2.69. The molecular formula is C15H16FNO2. The zero-order valence-electron chi connectivity index (χ0n) is 10.9. The summed E-state index contributed by atoms with van der Waals surface area (Å²) in [5.74, 6) is 0.877. The Hall–Kier alpha value is -2.07. The first-order valence-corrected chi connectivity index (χ1v) is 5.89. The van der Waals surface area contributed by atoms with E-state index in [-0.39, 0.29) is 5.82 Å². The maximum Gasteiger partial charge on any atom is 0.124 e. The fourth-order valence-corrected chi connectivity index (χ4v) is 2.04. The van der Waals surface area contributed by atoms with Gasteiger partial charge in [-0.1, -0.05) is 18.2 Å². The summed E-state index contributed by atoms with van der Waals surface area (Å²) in [6, 6.07) is 11.2. The minimum atomic E-state index is -0.512. The first kappa shape index (κ1) is 13.4. The van der Waals surface area contributed by atoms with E-state index in [2.05, 4.69) is 0 Å². The molecule has 0 heterocycles. The first-order valence-electron chi connectivity index (χ1n) is 5.89. The lowest BCUT2D eigenvalue weighted by molar-refractivity contribution is 0.399. The molecule has 0 aromatic heterocycles. The number of ether oxygens (including phenoxy) is 2. The van der Waals surface area contributed by atoms with Crippen LogP contribution in [0, 0.1) is 5.82 Å². The molecule has 2 aromatic carbocycles. The van der Waals surface area contributed by atoms with Gasteiger partial charge in [0.15, 0.2) is 0 Å². The number of benzene rings is 2. The molecule has 0 radical (unpaired) electrons. The zero-order chi connectivity index (χ0) is 13.8. The highest BCUT2D eigenvalue weighted by Crippen LogP contribution is 2.33. The lowest BCUT2D eigenvalue weighted by atomic mass is 9.98. The number of rotatable bonds is 4. The molecule has 0 saturated heterocycles. The van der Waals surface area contributed by atoms with Gasteiger partial charge < -0.3 is 15.2 Å². The van der Waals surface area contributed by atoms with Crippen molar-refractivity contribution in [2.24, 2.45) is 5.73 Å². The molecular weight excluding hydrogens is 245 g/mol. The van der Waals surface area contributed by atoms with Crippen LogP contribution in [0.5, 0.6) is 11.5 Å². The number of para-hydroxylation sites is 1. The standard InChI is InChI=1S/C15H16FNO2/c1-18-13-6-4-3-5-11(13)15(17)12-9-10(16)7-8-14(12)19-2/h3-9,15H,17H2,1-2H3. The minimum Gasteiger partial charge on any atom is -0.496 e. The van der Waals surface area contributed by atoms with Crippen molar-refractivity contribution in [3.05, 3.63) is 59.4 Å². The predicted octanol–water partition coefficient (Wildman–Crippen LogP) is 2.89. The van der Waals surface area contributed by atoms with Crippen molar-refractivity contribution < 1.29 is 13.9 Å². The third-order valence-electron chi connectivity index (χ3n) is 3.00. The summed E-state index contributed by atoms with van der Waals surface area (Å²) in [5.41, 5.74) is 7.59.